The van der Waals surface area contributed by atoms with Crippen LogP contribution in [0.5, 0.6) is 0 Å². The van der Waals surface area contributed by atoms with Crippen LogP contribution >= 0.6 is 0 Å². The molecule has 2 rings (SSSR count). The average molecular weight is 208 g/mol. The van der Waals surface area contributed by atoms with E-state index in [0.717, 1.165) is 19.3 Å². The summed E-state index contributed by atoms with van der Waals surface area (Å²) < 4.78 is 0. The Balaban J connectivity index is 2.27. The van der Waals surface area contributed by atoms with Gasteiger partial charge in [0, 0.05) is 0 Å². The molecule has 0 aromatic carbocycles. The quantitative estimate of drug-likeness (QED) is 0.649. The lowest BCUT2D eigenvalue weighted by molar-refractivity contribution is 0.00688. The van der Waals surface area contributed by atoms with Gasteiger partial charge >= 0.3 is 0 Å². The number of rotatable bonds is 1. The lowest BCUT2D eigenvalue weighted by Gasteiger charge is -2.37. The molecule has 0 amide bonds. The van der Waals surface area contributed by atoms with Crippen molar-refractivity contribution >= 4 is 0 Å². The molecule has 0 aliphatic heterocycles. The molecule has 1 fully saturated rings. The van der Waals surface area contributed by atoms with Crippen LogP contribution in [-0.2, 0) is 0 Å². The Bertz CT molecular complexity index is 265. The zero-order chi connectivity index (χ0) is 10.9. The van der Waals surface area contributed by atoms with E-state index in [2.05, 4.69) is 13.8 Å². The maximum absolute atomic E-state index is 10.5. The molecular formula is C14H24O. The highest BCUT2D eigenvalue weighted by Gasteiger charge is 2.33. The Morgan fingerprint density at radius 3 is 2.53 bits per heavy atom. The minimum atomic E-state index is -0.339. The largest absolute Gasteiger partial charge is 0.390 e. The number of aliphatic hydroxyl groups is 1. The number of fused-ring (bicyclic) bond motifs is 2. The summed E-state index contributed by atoms with van der Waals surface area (Å²) in [6, 6.07) is 0. The van der Waals surface area contributed by atoms with Crippen molar-refractivity contribution in [1.82, 2.24) is 0 Å². The third-order valence-electron chi connectivity index (χ3n) is 4.15. The predicted molar refractivity (Wildman–Crippen MR) is 63.7 cm³/mol. The second-order valence-electron chi connectivity index (χ2n) is 5.75. The van der Waals surface area contributed by atoms with E-state index >= 15 is 0 Å². The lowest BCUT2D eigenvalue weighted by atomic mass is 9.73. The first-order valence-electron chi connectivity index (χ1n) is 6.54. The van der Waals surface area contributed by atoms with Crippen LogP contribution in [0.2, 0.25) is 0 Å². The molecule has 1 saturated carbocycles. The van der Waals surface area contributed by atoms with Crippen LogP contribution in [0.25, 0.3) is 0 Å². The third-order valence-corrected chi connectivity index (χ3v) is 4.15. The SMILES string of the molecule is CC(C)/C1=C2\CCC[C@](O)(CCCC1)C2. The third kappa shape index (κ3) is 2.44. The molecule has 0 unspecified atom stereocenters. The molecule has 1 N–H and O–H groups in total. The zero-order valence-corrected chi connectivity index (χ0v) is 10.2. The van der Waals surface area contributed by atoms with E-state index < -0.39 is 0 Å². The average Bonchev–Trinajstić information content (AvgIpc) is 2.15. The van der Waals surface area contributed by atoms with Crippen molar-refractivity contribution in [3.8, 4) is 0 Å². The molecule has 2 bridgehead atoms. The van der Waals surface area contributed by atoms with E-state index in [0.29, 0.717) is 5.92 Å². The van der Waals surface area contributed by atoms with Gasteiger partial charge in [-0.2, -0.15) is 0 Å². The van der Waals surface area contributed by atoms with Crippen LogP contribution in [0.1, 0.15) is 65.2 Å². The summed E-state index contributed by atoms with van der Waals surface area (Å²) in [7, 11) is 0. The van der Waals surface area contributed by atoms with Crippen molar-refractivity contribution in [2.45, 2.75) is 70.8 Å². The molecule has 15 heavy (non-hydrogen) atoms. The smallest absolute Gasteiger partial charge is 0.0685 e. The second-order valence-corrected chi connectivity index (χ2v) is 5.75. The Morgan fingerprint density at radius 1 is 1.07 bits per heavy atom. The summed E-state index contributed by atoms with van der Waals surface area (Å²) in [6.45, 7) is 4.61. The van der Waals surface area contributed by atoms with Crippen molar-refractivity contribution in [2.75, 3.05) is 0 Å². The summed E-state index contributed by atoms with van der Waals surface area (Å²) in [5.74, 6) is 0.681. The normalized spacial score (nSPS) is 37.6. The highest BCUT2D eigenvalue weighted by atomic mass is 16.3. The standard InChI is InChI=1S/C14H24O/c1-11(2)13-7-3-4-8-14(15)9-5-6-12(13)10-14/h11,15H,3-10H2,1-2H3/b13-12+/t14-/m1/s1. The Hall–Kier alpha value is -0.300. The molecule has 86 valence electrons. The van der Waals surface area contributed by atoms with Gasteiger partial charge in [-0.25, -0.2) is 0 Å². The summed E-state index contributed by atoms with van der Waals surface area (Å²) in [5, 5.41) is 10.5. The summed E-state index contributed by atoms with van der Waals surface area (Å²) in [4.78, 5) is 0. The van der Waals surface area contributed by atoms with Crippen LogP contribution in [-0.4, -0.2) is 10.7 Å². The van der Waals surface area contributed by atoms with Crippen LogP contribution < -0.4 is 0 Å². The molecule has 0 heterocycles. The maximum Gasteiger partial charge on any atom is 0.0685 e. The minimum absolute atomic E-state index is 0.339. The van der Waals surface area contributed by atoms with Gasteiger partial charge in [0.05, 0.1) is 5.60 Å². The van der Waals surface area contributed by atoms with Gasteiger partial charge in [-0.3, -0.25) is 0 Å². The topological polar surface area (TPSA) is 20.2 Å². The molecule has 0 aromatic heterocycles. The summed E-state index contributed by atoms with van der Waals surface area (Å²) >= 11 is 0. The first-order valence-corrected chi connectivity index (χ1v) is 6.54. The molecule has 2 aliphatic rings. The van der Waals surface area contributed by atoms with Gasteiger partial charge < -0.3 is 5.11 Å². The first kappa shape index (κ1) is 11.2. The zero-order valence-electron chi connectivity index (χ0n) is 10.2. The Labute approximate surface area is 93.6 Å². The van der Waals surface area contributed by atoms with Gasteiger partial charge in [0.2, 0.25) is 0 Å². The fourth-order valence-corrected chi connectivity index (χ4v) is 3.34. The molecule has 1 atom stereocenters. The Morgan fingerprint density at radius 2 is 1.80 bits per heavy atom. The van der Waals surface area contributed by atoms with Gasteiger partial charge in [-0.15, -0.1) is 0 Å². The molecule has 1 heteroatoms. The minimum Gasteiger partial charge on any atom is -0.390 e. The first-order chi connectivity index (χ1) is 7.11. The van der Waals surface area contributed by atoms with E-state index in [1.807, 2.05) is 0 Å². The maximum atomic E-state index is 10.5. The fraction of sp³-hybridized carbons (Fsp3) is 0.857. The molecule has 0 aromatic rings. The van der Waals surface area contributed by atoms with Gasteiger partial charge in [0.25, 0.3) is 0 Å². The highest BCUT2D eigenvalue weighted by Crippen LogP contribution is 2.41. The van der Waals surface area contributed by atoms with Crippen LogP contribution in [0.4, 0.5) is 0 Å². The molecule has 2 aliphatic carbocycles. The van der Waals surface area contributed by atoms with Crippen LogP contribution in [0.3, 0.4) is 0 Å². The monoisotopic (exact) mass is 208 g/mol. The van der Waals surface area contributed by atoms with E-state index in [1.54, 1.807) is 11.1 Å². The van der Waals surface area contributed by atoms with E-state index in [9.17, 15) is 5.11 Å². The molecule has 0 saturated heterocycles. The van der Waals surface area contributed by atoms with Crippen molar-refractivity contribution < 1.29 is 5.11 Å². The second kappa shape index (κ2) is 4.29. The summed E-state index contributed by atoms with van der Waals surface area (Å²) in [5.41, 5.74) is 2.92. The van der Waals surface area contributed by atoms with Crippen molar-refractivity contribution in [3.63, 3.8) is 0 Å². The number of hydrogen-bond acceptors (Lipinski definition) is 1. The molecule has 0 radical (unpaired) electrons. The highest BCUT2D eigenvalue weighted by molar-refractivity contribution is 5.21. The van der Waals surface area contributed by atoms with Gasteiger partial charge in [-0.1, -0.05) is 31.4 Å². The van der Waals surface area contributed by atoms with Crippen molar-refractivity contribution in [2.24, 2.45) is 5.92 Å². The van der Waals surface area contributed by atoms with Crippen LogP contribution in [0, 0.1) is 5.92 Å². The molecular weight excluding hydrogens is 184 g/mol. The predicted octanol–water partition coefficient (Wildman–Crippen LogP) is 3.82. The summed E-state index contributed by atoms with van der Waals surface area (Å²) in [6.07, 6.45) is 9.24. The number of allylic oxidation sites excluding steroid dienone is 1. The van der Waals surface area contributed by atoms with Gasteiger partial charge in [0.1, 0.15) is 0 Å². The van der Waals surface area contributed by atoms with Crippen molar-refractivity contribution in [1.29, 1.82) is 0 Å². The number of hydrogen-bond donors (Lipinski definition) is 1. The van der Waals surface area contributed by atoms with E-state index in [1.165, 1.54) is 32.1 Å². The van der Waals surface area contributed by atoms with Gasteiger partial charge in [0.15, 0.2) is 0 Å². The fourth-order valence-electron chi connectivity index (χ4n) is 3.34. The lowest BCUT2D eigenvalue weighted by Crippen LogP contribution is -2.33. The van der Waals surface area contributed by atoms with Crippen molar-refractivity contribution in [3.05, 3.63) is 11.1 Å². The van der Waals surface area contributed by atoms with E-state index in [-0.39, 0.29) is 5.60 Å². The van der Waals surface area contributed by atoms with Crippen LogP contribution in [0.15, 0.2) is 11.1 Å². The molecule has 0 spiro atoms. The Kier molecular flexibility index (Phi) is 3.20. The molecule has 1 nitrogen and oxygen atoms in total. The van der Waals surface area contributed by atoms with E-state index in [4.69, 9.17) is 0 Å². The van der Waals surface area contributed by atoms with Gasteiger partial charge in [-0.05, 0) is 50.9 Å².